The molecule has 2 aromatic carbocycles. The average molecular weight is 340 g/mol. The molecular formula is C24H24N2. The van der Waals surface area contributed by atoms with Crippen LogP contribution in [0.5, 0.6) is 0 Å². The van der Waals surface area contributed by atoms with Crippen LogP contribution in [0.4, 0.5) is 0 Å². The maximum Gasteiger partial charge on any atom is 0.0346 e. The number of hydrogen-bond donors (Lipinski definition) is 1. The molecule has 0 spiro atoms. The van der Waals surface area contributed by atoms with Gasteiger partial charge < -0.3 is 5.32 Å². The van der Waals surface area contributed by atoms with Gasteiger partial charge in [-0.25, -0.2) is 0 Å². The predicted octanol–water partition coefficient (Wildman–Crippen LogP) is 5.05. The molecule has 2 heterocycles. The summed E-state index contributed by atoms with van der Waals surface area (Å²) in [4.78, 5) is 4.47. The Labute approximate surface area is 155 Å². The van der Waals surface area contributed by atoms with Gasteiger partial charge in [0, 0.05) is 30.5 Å². The zero-order chi connectivity index (χ0) is 17.8. The van der Waals surface area contributed by atoms with E-state index in [0.717, 1.165) is 19.4 Å². The van der Waals surface area contributed by atoms with E-state index in [1.807, 2.05) is 18.5 Å². The molecular weight excluding hydrogens is 316 g/mol. The Hall–Kier alpha value is -2.71. The SMILES string of the molecule is Cc1cccc(C2=CCNC(Cc3cncc(-c4ccccc4)c3)C2)c1. The van der Waals surface area contributed by atoms with Gasteiger partial charge in [-0.3, -0.25) is 4.98 Å². The van der Waals surface area contributed by atoms with Crippen LogP contribution < -0.4 is 5.32 Å². The fourth-order valence-corrected chi connectivity index (χ4v) is 3.67. The highest BCUT2D eigenvalue weighted by molar-refractivity contribution is 5.67. The van der Waals surface area contributed by atoms with Crippen molar-refractivity contribution in [2.75, 3.05) is 6.54 Å². The first-order valence-corrected chi connectivity index (χ1v) is 9.27. The van der Waals surface area contributed by atoms with Crippen molar-refractivity contribution >= 4 is 5.57 Å². The molecule has 2 heteroatoms. The fraction of sp³-hybridized carbons (Fsp3) is 0.208. The third-order valence-electron chi connectivity index (χ3n) is 4.99. The van der Waals surface area contributed by atoms with E-state index >= 15 is 0 Å². The number of pyridine rings is 1. The number of rotatable bonds is 4. The van der Waals surface area contributed by atoms with Crippen molar-refractivity contribution in [2.24, 2.45) is 0 Å². The van der Waals surface area contributed by atoms with Gasteiger partial charge in [0.1, 0.15) is 0 Å². The van der Waals surface area contributed by atoms with E-state index in [4.69, 9.17) is 0 Å². The molecule has 4 rings (SSSR count). The Morgan fingerprint density at radius 2 is 1.77 bits per heavy atom. The number of benzene rings is 2. The second kappa shape index (κ2) is 7.67. The zero-order valence-electron chi connectivity index (χ0n) is 15.2. The summed E-state index contributed by atoms with van der Waals surface area (Å²) in [5.74, 6) is 0. The number of nitrogens with zero attached hydrogens (tertiary/aromatic N) is 1. The summed E-state index contributed by atoms with van der Waals surface area (Å²) in [7, 11) is 0. The smallest absolute Gasteiger partial charge is 0.0346 e. The Morgan fingerprint density at radius 3 is 2.62 bits per heavy atom. The lowest BCUT2D eigenvalue weighted by Gasteiger charge is -2.25. The summed E-state index contributed by atoms with van der Waals surface area (Å²) < 4.78 is 0. The summed E-state index contributed by atoms with van der Waals surface area (Å²) in [5, 5.41) is 3.64. The summed E-state index contributed by atoms with van der Waals surface area (Å²) in [6, 6.07) is 22.0. The van der Waals surface area contributed by atoms with Crippen LogP contribution in [0.3, 0.4) is 0 Å². The molecule has 1 aromatic heterocycles. The van der Waals surface area contributed by atoms with Crippen LogP contribution in [-0.4, -0.2) is 17.6 Å². The van der Waals surface area contributed by atoms with E-state index in [1.54, 1.807) is 0 Å². The van der Waals surface area contributed by atoms with Crippen molar-refractivity contribution in [1.29, 1.82) is 0 Å². The second-order valence-corrected chi connectivity index (χ2v) is 7.06. The van der Waals surface area contributed by atoms with Gasteiger partial charge in [-0.2, -0.15) is 0 Å². The molecule has 0 amide bonds. The van der Waals surface area contributed by atoms with Crippen LogP contribution in [0.1, 0.15) is 23.1 Å². The van der Waals surface area contributed by atoms with Gasteiger partial charge in [-0.15, -0.1) is 0 Å². The van der Waals surface area contributed by atoms with Gasteiger partial charge in [0.15, 0.2) is 0 Å². The molecule has 0 saturated heterocycles. The van der Waals surface area contributed by atoms with E-state index in [-0.39, 0.29) is 0 Å². The van der Waals surface area contributed by atoms with Crippen molar-refractivity contribution in [1.82, 2.24) is 10.3 Å². The minimum atomic E-state index is 0.448. The van der Waals surface area contributed by atoms with E-state index in [1.165, 1.54) is 33.4 Å². The van der Waals surface area contributed by atoms with Gasteiger partial charge in [0.05, 0.1) is 0 Å². The Morgan fingerprint density at radius 1 is 0.923 bits per heavy atom. The number of nitrogens with one attached hydrogen (secondary N) is 1. The number of hydrogen-bond acceptors (Lipinski definition) is 2. The average Bonchev–Trinajstić information content (AvgIpc) is 2.69. The van der Waals surface area contributed by atoms with Crippen molar-refractivity contribution in [3.63, 3.8) is 0 Å². The Kier molecular flexibility index (Phi) is 4.94. The van der Waals surface area contributed by atoms with Crippen molar-refractivity contribution in [2.45, 2.75) is 25.8 Å². The zero-order valence-corrected chi connectivity index (χ0v) is 15.2. The van der Waals surface area contributed by atoms with E-state index in [9.17, 15) is 0 Å². The van der Waals surface area contributed by atoms with Gasteiger partial charge in [-0.1, -0.05) is 66.2 Å². The van der Waals surface area contributed by atoms with Crippen molar-refractivity contribution < 1.29 is 0 Å². The molecule has 0 aliphatic carbocycles. The van der Waals surface area contributed by atoms with E-state index in [0.29, 0.717) is 6.04 Å². The van der Waals surface area contributed by atoms with Gasteiger partial charge in [0.2, 0.25) is 0 Å². The number of aromatic nitrogens is 1. The topological polar surface area (TPSA) is 24.9 Å². The van der Waals surface area contributed by atoms with Crippen LogP contribution in [0.25, 0.3) is 16.7 Å². The Bertz CT molecular complexity index is 912. The summed E-state index contributed by atoms with van der Waals surface area (Å²) in [6.07, 6.45) is 8.32. The minimum Gasteiger partial charge on any atom is -0.310 e. The predicted molar refractivity (Wildman–Crippen MR) is 109 cm³/mol. The molecule has 1 atom stereocenters. The lowest BCUT2D eigenvalue weighted by molar-refractivity contribution is 0.532. The van der Waals surface area contributed by atoms with Crippen LogP contribution >= 0.6 is 0 Å². The lowest BCUT2D eigenvalue weighted by Crippen LogP contribution is -2.34. The molecule has 1 unspecified atom stereocenters. The molecule has 3 aromatic rings. The molecule has 1 aliphatic rings. The molecule has 0 saturated carbocycles. The second-order valence-electron chi connectivity index (χ2n) is 7.06. The van der Waals surface area contributed by atoms with E-state index < -0.39 is 0 Å². The van der Waals surface area contributed by atoms with Gasteiger partial charge in [-0.05, 0) is 48.1 Å². The lowest BCUT2D eigenvalue weighted by atomic mass is 9.91. The van der Waals surface area contributed by atoms with Crippen LogP contribution in [0, 0.1) is 6.92 Å². The molecule has 0 bridgehead atoms. The maximum atomic E-state index is 4.47. The first-order valence-electron chi connectivity index (χ1n) is 9.27. The largest absolute Gasteiger partial charge is 0.310 e. The summed E-state index contributed by atoms with van der Waals surface area (Å²) >= 11 is 0. The molecule has 26 heavy (non-hydrogen) atoms. The maximum absolute atomic E-state index is 4.47. The summed E-state index contributed by atoms with van der Waals surface area (Å²) in [6.45, 7) is 3.09. The first-order chi connectivity index (χ1) is 12.8. The Balaban J connectivity index is 1.49. The highest BCUT2D eigenvalue weighted by Crippen LogP contribution is 2.25. The summed E-state index contributed by atoms with van der Waals surface area (Å²) in [5.41, 5.74) is 7.82. The highest BCUT2D eigenvalue weighted by atomic mass is 14.9. The molecule has 130 valence electrons. The third-order valence-corrected chi connectivity index (χ3v) is 4.99. The molecule has 0 fully saturated rings. The monoisotopic (exact) mass is 340 g/mol. The van der Waals surface area contributed by atoms with E-state index in [2.05, 4.69) is 77.9 Å². The van der Waals surface area contributed by atoms with Gasteiger partial charge >= 0.3 is 0 Å². The standard InChI is InChI=1S/C24H24N2/c1-18-6-5-9-21(12-18)22-10-11-26-24(15-22)14-19-13-23(17-25-16-19)20-7-3-2-4-8-20/h2-10,12-13,16-17,24,26H,11,14-15H2,1H3. The van der Waals surface area contributed by atoms with Crippen LogP contribution in [-0.2, 0) is 6.42 Å². The molecule has 1 N–H and O–H groups in total. The highest BCUT2D eigenvalue weighted by Gasteiger charge is 2.17. The fourth-order valence-electron chi connectivity index (χ4n) is 3.67. The normalized spacial score (nSPS) is 17.0. The minimum absolute atomic E-state index is 0.448. The van der Waals surface area contributed by atoms with Crippen molar-refractivity contribution in [3.8, 4) is 11.1 Å². The van der Waals surface area contributed by atoms with Crippen molar-refractivity contribution in [3.05, 3.63) is 95.8 Å². The third kappa shape index (κ3) is 3.92. The number of aryl methyl sites for hydroxylation is 1. The molecule has 2 nitrogen and oxygen atoms in total. The first kappa shape index (κ1) is 16.7. The quantitative estimate of drug-likeness (QED) is 0.719. The van der Waals surface area contributed by atoms with Gasteiger partial charge in [0.25, 0.3) is 0 Å². The van der Waals surface area contributed by atoms with Crippen LogP contribution in [0.2, 0.25) is 0 Å². The molecule has 0 radical (unpaired) electrons. The van der Waals surface area contributed by atoms with Crippen LogP contribution in [0.15, 0.2) is 79.1 Å². The molecule has 1 aliphatic heterocycles.